The van der Waals surface area contributed by atoms with Gasteiger partial charge in [0, 0.05) is 25.1 Å². The van der Waals surface area contributed by atoms with Crippen LogP contribution in [0, 0.1) is 5.82 Å². The van der Waals surface area contributed by atoms with Gasteiger partial charge in [-0.25, -0.2) is 12.8 Å². The SMILES string of the molecule is COc1ccccc1Cc1noc(C2CN(S(=O)(=O)Cc3ccc(F)cc3)C2)n1. The second-order valence-corrected chi connectivity index (χ2v) is 8.90. The van der Waals surface area contributed by atoms with Crippen LogP contribution in [-0.4, -0.2) is 43.1 Å². The molecule has 0 saturated carbocycles. The summed E-state index contributed by atoms with van der Waals surface area (Å²) in [6.45, 7) is 0.583. The first kappa shape index (κ1) is 19.5. The van der Waals surface area contributed by atoms with Crippen LogP contribution < -0.4 is 4.74 Å². The normalized spacial score (nSPS) is 15.2. The van der Waals surface area contributed by atoms with Gasteiger partial charge < -0.3 is 9.26 Å². The highest BCUT2D eigenvalue weighted by Crippen LogP contribution is 2.30. The van der Waals surface area contributed by atoms with E-state index in [2.05, 4.69) is 10.1 Å². The van der Waals surface area contributed by atoms with Gasteiger partial charge >= 0.3 is 0 Å². The van der Waals surface area contributed by atoms with Crippen LogP contribution in [-0.2, 0) is 22.2 Å². The van der Waals surface area contributed by atoms with Crippen molar-refractivity contribution in [2.45, 2.75) is 18.1 Å². The van der Waals surface area contributed by atoms with Crippen LogP contribution in [0.15, 0.2) is 53.1 Å². The molecule has 2 heterocycles. The quantitative estimate of drug-likeness (QED) is 0.588. The minimum absolute atomic E-state index is 0.128. The predicted molar refractivity (Wildman–Crippen MR) is 103 cm³/mol. The van der Waals surface area contributed by atoms with Gasteiger partial charge in [0.15, 0.2) is 5.82 Å². The molecule has 9 heteroatoms. The fraction of sp³-hybridized carbons (Fsp3) is 0.300. The monoisotopic (exact) mass is 417 g/mol. The maximum atomic E-state index is 13.0. The Morgan fingerprint density at radius 2 is 1.90 bits per heavy atom. The maximum absolute atomic E-state index is 13.0. The van der Waals surface area contributed by atoms with Crippen molar-refractivity contribution in [3.63, 3.8) is 0 Å². The van der Waals surface area contributed by atoms with Gasteiger partial charge in [0.1, 0.15) is 11.6 Å². The molecule has 0 amide bonds. The number of halogens is 1. The van der Waals surface area contributed by atoms with E-state index in [4.69, 9.17) is 9.26 Å². The molecule has 1 aliphatic heterocycles. The number of sulfonamides is 1. The topological polar surface area (TPSA) is 85.5 Å². The zero-order valence-corrected chi connectivity index (χ0v) is 16.6. The molecule has 0 atom stereocenters. The summed E-state index contributed by atoms with van der Waals surface area (Å²) in [6.07, 6.45) is 0.465. The molecule has 0 bridgehead atoms. The Labute approximate surface area is 168 Å². The first-order valence-corrected chi connectivity index (χ1v) is 10.7. The predicted octanol–water partition coefficient (Wildman–Crippen LogP) is 2.74. The number of para-hydroxylation sites is 1. The number of benzene rings is 2. The Bertz CT molecular complexity index is 1090. The number of nitrogens with zero attached hydrogens (tertiary/aromatic N) is 3. The van der Waals surface area contributed by atoms with E-state index < -0.39 is 15.8 Å². The standard InChI is InChI=1S/C20H20FN3O4S/c1-27-18-5-3-2-4-15(18)10-19-22-20(28-23-19)16-11-24(12-16)29(25,26)13-14-6-8-17(21)9-7-14/h2-9,16H,10-13H2,1H3. The lowest BCUT2D eigenvalue weighted by Gasteiger charge is -2.35. The van der Waals surface area contributed by atoms with Crippen molar-refractivity contribution in [3.8, 4) is 5.75 Å². The van der Waals surface area contributed by atoms with Crippen LogP contribution in [0.1, 0.15) is 28.8 Å². The maximum Gasteiger partial charge on any atom is 0.232 e. The largest absolute Gasteiger partial charge is 0.496 e. The summed E-state index contributed by atoms with van der Waals surface area (Å²) in [6, 6.07) is 13.1. The highest BCUT2D eigenvalue weighted by atomic mass is 32.2. The Kier molecular flexibility index (Phi) is 5.33. The van der Waals surface area contributed by atoms with Gasteiger partial charge in [0.2, 0.25) is 15.9 Å². The summed E-state index contributed by atoms with van der Waals surface area (Å²) < 4.78 is 50.1. The first-order chi connectivity index (χ1) is 13.9. The minimum Gasteiger partial charge on any atom is -0.496 e. The molecule has 0 radical (unpaired) electrons. The molecule has 1 aliphatic rings. The van der Waals surface area contributed by atoms with Crippen LogP contribution >= 0.6 is 0 Å². The lowest BCUT2D eigenvalue weighted by Crippen LogP contribution is -2.48. The molecule has 1 fully saturated rings. The third kappa shape index (κ3) is 4.30. The number of aromatic nitrogens is 2. The van der Waals surface area contributed by atoms with E-state index in [9.17, 15) is 12.8 Å². The minimum atomic E-state index is -3.48. The smallest absolute Gasteiger partial charge is 0.232 e. The van der Waals surface area contributed by atoms with Crippen LogP contribution in [0.2, 0.25) is 0 Å². The number of ether oxygens (including phenoxy) is 1. The van der Waals surface area contributed by atoms with E-state index in [0.29, 0.717) is 36.8 Å². The number of hydrogen-bond donors (Lipinski definition) is 0. The third-order valence-corrected chi connectivity index (χ3v) is 6.66. The molecule has 0 aliphatic carbocycles. The molecule has 29 heavy (non-hydrogen) atoms. The highest BCUT2D eigenvalue weighted by Gasteiger charge is 2.39. The summed E-state index contributed by atoms with van der Waals surface area (Å²) in [5.74, 6) is 1.02. The molecule has 2 aromatic carbocycles. The lowest BCUT2D eigenvalue weighted by atomic mass is 10.0. The van der Waals surface area contributed by atoms with Gasteiger partial charge in [-0.15, -0.1) is 0 Å². The van der Waals surface area contributed by atoms with Crippen molar-refractivity contribution in [3.05, 3.63) is 77.2 Å². The molecule has 0 unspecified atom stereocenters. The third-order valence-electron chi connectivity index (χ3n) is 4.88. The zero-order valence-electron chi connectivity index (χ0n) is 15.8. The summed E-state index contributed by atoms with van der Waals surface area (Å²) >= 11 is 0. The van der Waals surface area contributed by atoms with Crippen molar-refractivity contribution in [2.24, 2.45) is 0 Å². The second kappa shape index (κ2) is 7.92. The van der Waals surface area contributed by atoms with E-state index in [-0.39, 0.29) is 11.7 Å². The van der Waals surface area contributed by atoms with E-state index in [0.717, 1.165) is 11.3 Å². The van der Waals surface area contributed by atoms with Gasteiger partial charge in [-0.1, -0.05) is 35.5 Å². The molecule has 0 N–H and O–H groups in total. The summed E-state index contributed by atoms with van der Waals surface area (Å²) in [5, 5.41) is 4.01. The Balaban J connectivity index is 1.37. The van der Waals surface area contributed by atoms with Crippen LogP contribution in [0.4, 0.5) is 4.39 Å². The summed E-state index contributed by atoms with van der Waals surface area (Å²) in [5.41, 5.74) is 1.49. The number of hydrogen-bond acceptors (Lipinski definition) is 6. The van der Waals surface area contributed by atoms with Crippen LogP contribution in [0.25, 0.3) is 0 Å². The molecule has 4 rings (SSSR count). The zero-order chi connectivity index (χ0) is 20.4. The fourth-order valence-corrected chi connectivity index (χ4v) is 4.84. The number of rotatable bonds is 7. The molecule has 1 aromatic heterocycles. The van der Waals surface area contributed by atoms with Gasteiger partial charge in [0.25, 0.3) is 0 Å². The average Bonchev–Trinajstić information content (AvgIpc) is 3.10. The lowest BCUT2D eigenvalue weighted by molar-refractivity contribution is 0.216. The van der Waals surface area contributed by atoms with Crippen molar-refractivity contribution in [2.75, 3.05) is 20.2 Å². The van der Waals surface area contributed by atoms with Crippen molar-refractivity contribution in [1.82, 2.24) is 14.4 Å². The molecule has 1 saturated heterocycles. The average molecular weight is 417 g/mol. The van der Waals surface area contributed by atoms with E-state index in [1.807, 2.05) is 24.3 Å². The molecule has 3 aromatic rings. The Hall–Kier alpha value is -2.78. The fourth-order valence-electron chi connectivity index (χ4n) is 3.23. The van der Waals surface area contributed by atoms with E-state index >= 15 is 0 Å². The van der Waals surface area contributed by atoms with E-state index in [1.165, 1.54) is 28.6 Å². The van der Waals surface area contributed by atoms with Gasteiger partial charge in [-0.05, 0) is 23.8 Å². The highest BCUT2D eigenvalue weighted by molar-refractivity contribution is 7.88. The summed E-state index contributed by atoms with van der Waals surface area (Å²) in [7, 11) is -1.87. The van der Waals surface area contributed by atoms with Gasteiger partial charge in [-0.2, -0.15) is 9.29 Å². The van der Waals surface area contributed by atoms with Gasteiger partial charge in [0.05, 0.1) is 18.8 Å². The van der Waals surface area contributed by atoms with Gasteiger partial charge in [-0.3, -0.25) is 0 Å². The number of methoxy groups -OCH3 is 1. The molecule has 0 spiro atoms. The van der Waals surface area contributed by atoms with Crippen LogP contribution in [0.5, 0.6) is 5.75 Å². The van der Waals surface area contributed by atoms with Crippen molar-refractivity contribution >= 4 is 10.0 Å². The Morgan fingerprint density at radius 3 is 2.62 bits per heavy atom. The van der Waals surface area contributed by atoms with Crippen LogP contribution in [0.3, 0.4) is 0 Å². The first-order valence-electron chi connectivity index (χ1n) is 9.11. The molecule has 7 nitrogen and oxygen atoms in total. The van der Waals surface area contributed by atoms with E-state index in [1.54, 1.807) is 7.11 Å². The molecular weight excluding hydrogens is 397 g/mol. The molecule has 152 valence electrons. The Morgan fingerprint density at radius 1 is 1.17 bits per heavy atom. The van der Waals surface area contributed by atoms with Crippen molar-refractivity contribution in [1.29, 1.82) is 0 Å². The van der Waals surface area contributed by atoms with Crippen molar-refractivity contribution < 1.29 is 22.1 Å². The molecular formula is C20H20FN3O4S. The second-order valence-electron chi connectivity index (χ2n) is 6.93. The summed E-state index contributed by atoms with van der Waals surface area (Å²) in [4.78, 5) is 4.42.